The van der Waals surface area contributed by atoms with Gasteiger partial charge in [-0.1, -0.05) is 26.7 Å². The second kappa shape index (κ2) is 8.13. The Morgan fingerprint density at radius 3 is 2.44 bits per heavy atom. The number of hydrogen-bond donors (Lipinski definition) is 1. The van der Waals surface area contributed by atoms with E-state index in [4.69, 9.17) is 4.74 Å². The molecule has 0 amide bonds. The van der Waals surface area contributed by atoms with Crippen LogP contribution in [-0.4, -0.2) is 49.5 Å². The van der Waals surface area contributed by atoms with Crippen molar-refractivity contribution in [3.05, 3.63) is 0 Å². The zero-order valence-corrected chi connectivity index (χ0v) is 12.5. The molecule has 1 aliphatic carbocycles. The van der Waals surface area contributed by atoms with Crippen LogP contribution in [-0.2, 0) is 4.74 Å². The molecule has 0 aromatic carbocycles. The fourth-order valence-corrected chi connectivity index (χ4v) is 2.90. The van der Waals surface area contributed by atoms with Crippen LogP contribution in [0.1, 0.15) is 46.5 Å². The molecule has 1 fully saturated rings. The molecule has 0 aromatic heterocycles. The normalized spacial score (nSPS) is 28.8. The average molecular weight is 257 g/mol. The summed E-state index contributed by atoms with van der Waals surface area (Å²) in [5, 5.41) is 9.79. The van der Waals surface area contributed by atoms with E-state index in [0.29, 0.717) is 6.61 Å². The molecular formula is C15H31NO2. The summed E-state index contributed by atoms with van der Waals surface area (Å²) in [6.45, 7) is 11.6. The lowest BCUT2D eigenvalue weighted by atomic mass is 9.71. The lowest BCUT2D eigenvalue weighted by Crippen LogP contribution is -2.43. The summed E-state index contributed by atoms with van der Waals surface area (Å²) >= 11 is 0. The van der Waals surface area contributed by atoms with Gasteiger partial charge in [0.05, 0.1) is 6.61 Å². The molecule has 0 aromatic rings. The van der Waals surface area contributed by atoms with E-state index in [1.807, 2.05) is 6.92 Å². The number of hydrogen-bond acceptors (Lipinski definition) is 3. The Morgan fingerprint density at radius 1 is 1.28 bits per heavy atom. The molecule has 0 atom stereocenters. The highest BCUT2D eigenvalue weighted by Crippen LogP contribution is 2.39. The first kappa shape index (κ1) is 15.9. The monoisotopic (exact) mass is 257 g/mol. The summed E-state index contributed by atoms with van der Waals surface area (Å²) < 4.78 is 5.43. The van der Waals surface area contributed by atoms with E-state index in [-0.39, 0.29) is 5.41 Å². The number of nitrogens with zero attached hydrogens (tertiary/aromatic N) is 1. The van der Waals surface area contributed by atoms with Crippen LogP contribution in [0.2, 0.25) is 0 Å². The molecule has 0 radical (unpaired) electrons. The molecule has 0 spiro atoms. The van der Waals surface area contributed by atoms with E-state index >= 15 is 0 Å². The fourth-order valence-electron chi connectivity index (χ4n) is 2.90. The molecule has 0 heterocycles. The van der Waals surface area contributed by atoms with Crippen LogP contribution in [0.5, 0.6) is 0 Å². The molecule has 0 aliphatic heterocycles. The second-order valence-electron chi connectivity index (χ2n) is 5.91. The highest BCUT2D eigenvalue weighted by molar-refractivity contribution is 4.87. The molecule has 1 N–H and O–H groups in total. The second-order valence-corrected chi connectivity index (χ2v) is 5.91. The number of aliphatic hydroxyl groups excluding tert-OH is 1. The van der Waals surface area contributed by atoms with Crippen LogP contribution in [0.25, 0.3) is 0 Å². The molecule has 1 rings (SSSR count). The van der Waals surface area contributed by atoms with Crippen molar-refractivity contribution in [1.29, 1.82) is 0 Å². The Kier molecular flexibility index (Phi) is 7.20. The number of aliphatic hydroxyl groups is 1. The summed E-state index contributed by atoms with van der Waals surface area (Å²) in [6.07, 6.45) is 4.89. The zero-order valence-electron chi connectivity index (χ0n) is 12.5. The van der Waals surface area contributed by atoms with Crippen LogP contribution in [0.4, 0.5) is 0 Å². The number of rotatable bonds is 8. The molecule has 1 aliphatic rings. The van der Waals surface area contributed by atoms with Gasteiger partial charge in [0.1, 0.15) is 0 Å². The van der Waals surface area contributed by atoms with Gasteiger partial charge >= 0.3 is 0 Å². The minimum Gasteiger partial charge on any atom is -0.396 e. The average Bonchev–Trinajstić information content (AvgIpc) is 2.40. The van der Waals surface area contributed by atoms with Crippen molar-refractivity contribution in [2.24, 2.45) is 11.3 Å². The van der Waals surface area contributed by atoms with Crippen molar-refractivity contribution in [2.45, 2.75) is 46.5 Å². The Labute approximate surface area is 113 Å². The first-order valence-corrected chi connectivity index (χ1v) is 7.56. The van der Waals surface area contributed by atoms with Gasteiger partial charge in [-0.25, -0.2) is 0 Å². The number of ether oxygens (including phenoxy) is 1. The molecule has 0 bridgehead atoms. The van der Waals surface area contributed by atoms with E-state index in [1.54, 1.807) is 0 Å². The van der Waals surface area contributed by atoms with E-state index in [2.05, 4.69) is 18.7 Å². The fraction of sp³-hybridized carbons (Fsp3) is 1.00. The van der Waals surface area contributed by atoms with Crippen LogP contribution in [0.3, 0.4) is 0 Å². The van der Waals surface area contributed by atoms with Crippen molar-refractivity contribution >= 4 is 0 Å². The van der Waals surface area contributed by atoms with E-state index in [1.165, 1.54) is 25.7 Å². The first-order chi connectivity index (χ1) is 8.65. The molecule has 3 nitrogen and oxygen atoms in total. The van der Waals surface area contributed by atoms with Crippen molar-refractivity contribution in [1.82, 2.24) is 4.90 Å². The summed E-state index contributed by atoms with van der Waals surface area (Å²) in [4.78, 5) is 2.43. The van der Waals surface area contributed by atoms with Gasteiger partial charge in [-0.3, -0.25) is 0 Å². The van der Waals surface area contributed by atoms with Crippen molar-refractivity contribution in [3.8, 4) is 0 Å². The minimum atomic E-state index is 0.148. The van der Waals surface area contributed by atoms with Crippen molar-refractivity contribution in [3.63, 3.8) is 0 Å². The highest BCUT2D eigenvalue weighted by atomic mass is 16.5. The van der Waals surface area contributed by atoms with Gasteiger partial charge in [-0.2, -0.15) is 0 Å². The van der Waals surface area contributed by atoms with Crippen LogP contribution >= 0.6 is 0 Å². The maximum atomic E-state index is 9.79. The van der Waals surface area contributed by atoms with Gasteiger partial charge in [-0.05, 0) is 32.2 Å². The highest BCUT2D eigenvalue weighted by Gasteiger charge is 2.34. The third-order valence-corrected chi connectivity index (χ3v) is 4.43. The minimum absolute atomic E-state index is 0.148. The summed E-state index contributed by atoms with van der Waals surface area (Å²) in [7, 11) is 0. The summed E-state index contributed by atoms with van der Waals surface area (Å²) in [6, 6.07) is 0. The smallest absolute Gasteiger partial charge is 0.0593 e. The Balaban J connectivity index is 2.44. The van der Waals surface area contributed by atoms with Gasteiger partial charge < -0.3 is 14.7 Å². The Morgan fingerprint density at radius 2 is 1.94 bits per heavy atom. The van der Waals surface area contributed by atoms with Gasteiger partial charge in [-0.15, -0.1) is 0 Å². The molecule has 18 heavy (non-hydrogen) atoms. The maximum absolute atomic E-state index is 9.79. The van der Waals surface area contributed by atoms with E-state index < -0.39 is 0 Å². The van der Waals surface area contributed by atoms with Gasteiger partial charge in [0.2, 0.25) is 0 Å². The quantitative estimate of drug-likeness (QED) is 0.678. The molecule has 3 heteroatoms. The largest absolute Gasteiger partial charge is 0.396 e. The molecular weight excluding hydrogens is 226 g/mol. The predicted octanol–water partition coefficient (Wildman–Crippen LogP) is 2.53. The molecule has 0 unspecified atom stereocenters. The van der Waals surface area contributed by atoms with Gasteiger partial charge in [0.15, 0.2) is 0 Å². The Hall–Kier alpha value is -0.120. The van der Waals surface area contributed by atoms with E-state index in [0.717, 1.165) is 38.8 Å². The maximum Gasteiger partial charge on any atom is 0.0593 e. The summed E-state index contributed by atoms with van der Waals surface area (Å²) in [5.74, 6) is 0.836. The standard InChI is InChI=1S/C15H31NO2/c1-4-16(10-11-18-5-2)12-15(13-17)8-6-14(3)7-9-15/h14,17H,4-13H2,1-3H3. The molecule has 0 saturated heterocycles. The topological polar surface area (TPSA) is 32.7 Å². The van der Waals surface area contributed by atoms with Gasteiger partial charge in [0, 0.05) is 31.7 Å². The third kappa shape index (κ3) is 4.87. The predicted molar refractivity (Wildman–Crippen MR) is 75.8 cm³/mol. The van der Waals surface area contributed by atoms with Gasteiger partial charge in [0.25, 0.3) is 0 Å². The number of likely N-dealkylation sites (N-methyl/N-ethyl adjacent to an activating group) is 1. The lowest BCUT2D eigenvalue weighted by Gasteiger charge is -2.41. The first-order valence-electron chi connectivity index (χ1n) is 7.56. The van der Waals surface area contributed by atoms with Crippen LogP contribution < -0.4 is 0 Å². The van der Waals surface area contributed by atoms with Crippen LogP contribution in [0.15, 0.2) is 0 Å². The SMILES string of the molecule is CCOCCN(CC)CC1(CO)CCC(C)CC1. The molecule has 1 saturated carbocycles. The van der Waals surface area contributed by atoms with E-state index in [9.17, 15) is 5.11 Å². The third-order valence-electron chi connectivity index (χ3n) is 4.43. The molecule has 108 valence electrons. The van der Waals surface area contributed by atoms with Crippen molar-refractivity contribution < 1.29 is 9.84 Å². The van der Waals surface area contributed by atoms with Crippen LogP contribution in [0, 0.1) is 11.3 Å². The Bertz CT molecular complexity index is 213. The summed E-state index contributed by atoms with van der Waals surface area (Å²) in [5.41, 5.74) is 0.148. The van der Waals surface area contributed by atoms with Crippen molar-refractivity contribution in [2.75, 3.05) is 39.5 Å². The lowest BCUT2D eigenvalue weighted by molar-refractivity contribution is 0.0207. The zero-order chi connectivity index (χ0) is 13.4.